The number of aryl methyl sites for hydroxylation is 1. The van der Waals surface area contributed by atoms with Gasteiger partial charge in [0.1, 0.15) is 5.75 Å². The molecule has 1 rings (SSSR count). The van der Waals surface area contributed by atoms with Crippen LogP contribution in [0.25, 0.3) is 0 Å². The zero-order valence-corrected chi connectivity index (χ0v) is 15.8. The van der Waals surface area contributed by atoms with E-state index in [0.717, 1.165) is 11.3 Å². The van der Waals surface area contributed by atoms with Crippen LogP contribution in [0.5, 0.6) is 5.75 Å². The molecular formula is C20H33NO. The summed E-state index contributed by atoms with van der Waals surface area (Å²) < 4.78 is 6.39. The number of benzene rings is 1. The Morgan fingerprint density at radius 3 is 2.09 bits per heavy atom. The first-order valence-corrected chi connectivity index (χ1v) is 8.38. The average Bonchev–Trinajstić information content (AvgIpc) is 2.36. The van der Waals surface area contributed by atoms with E-state index in [-0.39, 0.29) is 17.6 Å². The average molecular weight is 303 g/mol. The summed E-state index contributed by atoms with van der Waals surface area (Å²) in [4.78, 5) is 4.59. The van der Waals surface area contributed by atoms with E-state index in [0.29, 0.717) is 5.92 Å². The molecule has 0 N–H and O–H groups in total. The van der Waals surface area contributed by atoms with Gasteiger partial charge in [-0.3, -0.25) is 4.99 Å². The van der Waals surface area contributed by atoms with Gasteiger partial charge < -0.3 is 4.74 Å². The second-order valence-electron chi connectivity index (χ2n) is 7.86. The highest BCUT2D eigenvalue weighted by molar-refractivity contribution is 5.86. The summed E-state index contributed by atoms with van der Waals surface area (Å²) in [6.45, 7) is 19.5. The van der Waals surface area contributed by atoms with Gasteiger partial charge in [-0.15, -0.1) is 0 Å². The van der Waals surface area contributed by atoms with E-state index in [1.807, 2.05) is 6.21 Å². The van der Waals surface area contributed by atoms with E-state index in [2.05, 4.69) is 79.4 Å². The van der Waals surface area contributed by atoms with E-state index >= 15 is 0 Å². The molecule has 124 valence electrons. The molecule has 22 heavy (non-hydrogen) atoms. The zero-order chi connectivity index (χ0) is 17.1. The summed E-state index contributed by atoms with van der Waals surface area (Å²) in [5.41, 5.74) is 3.62. The molecule has 0 bridgehead atoms. The van der Waals surface area contributed by atoms with Crippen LogP contribution in [0.15, 0.2) is 17.1 Å². The van der Waals surface area contributed by atoms with Gasteiger partial charge in [-0.1, -0.05) is 46.8 Å². The van der Waals surface area contributed by atoms with Crippen molar-refractivity contribution in [3.05, 3.63) is 28.8 Å². The fourth-order valence-electron chi connectivity index (χ4n) is 2.12. The third kappa shape index (κ3) is 4.86. The molecule has 0 aliphatic rings. The summed E-state index contributed by atoms with van der Waals surface area (Å²) in [7, 11) is 0. The van der Waals surface area contributed by atoms with Gasteiger partial charge in [0.15, 0.2) is 0 Å². The van der Waals surface area contributed by atoms with Crippen LogP contribution < -0.4 is 4.74 Å². The van der Waals surface area contributed by atoms with E-state index in [1.54, 1.807) is 0 Å². The summed E-state index contributed by atoms with van der Waals surface area (Å²) in [6.07, 6.45) is 2.16. The highest BCUT2D eigenvalue weighted by atomic mass is 16.5. The van der Waals surface area contributed by atoms with Gasteiger partial charge >= 0.3 is 0 Å². The minimum absolute atomic E-state index is 0.0418. The Balaban J connectivity index is 3.45. The molecule has 0 amide bonds. The van der Waals surface area contributed by atoms with Crippen LogP contribution in [0.3, 0.4) is 0 Å². The highest BCUT2D eigenvalue weighted by Crippen LogP contribution is 2.36. The fourth-order valence-corrected chi connectivity index (χ4v) is 2.12. The van der Waals surface area contributed by atoms with E-state index in [9.17, 15) is 0 Å². The fraction of sp³-hybridized carbons (Fsp3) is 0.650. The van der Waals surface area contributed by atoms with Gasteiger partial charge in [0.2, 0.25) is 0 Å². The van der Waals surface area contributed by atoms with Crippen LogP contribution >= 0.6 is 0 Å². The lowest BCUT2D eigenvalue weighted by atomic mass is 9.84. The SMILES string of the molecule is Cc1ccc(C(C)(C)C)c(OC(C)C(C)C)c1C=NC(C)C. The molecule has 0 aromatic heterocycles. The van der Waals surface area contributed by atoms with Crippen LogP contribution in [-0.4, -0.2) is 18.4 Å². The normalized spacial score (nSPS) is 14.1. The van der Waals surface area contributed by atoms with Crippen molar-refractivity contribution < 1.29 is 4.74 Å². The van der Waals surface area contributed by atoms with Crippen molar-refractivity contribution in [2.24, 2.45) is 10.9 Å². The van der Waals surface area contributed by atoms with Gasteiger partial charge in [-0.2, -0.15) is 0 Å². The molecule has 1 unspecified atom stereocenters. The molecule has 0 saturated heterocycles. The van der Waals surface area contributed by atoms with Gasteiger partial charge in [0, 0.05) is 23.4 Å². The standard InChI is InChI=1S/C20H33NO/c1-13(2)16(6)22-19-17(12-21-14(3)4)15(5)10-11-18(19)20(7,8)9/h10-14,16H,1-9H3. The first-order valence-electron chi connectivity index (χ1n) is 8.38. The minimum Gasteiger partial charge on any atom is -0.489 e. The third-order valence-corrected chi connectivity index (χ3v) is 3.97. The van der Waals surface area contributed by atoms with Gasteiger partial charge in [0.05, 0.1) is 6.10 Å². The monoisotopic (exact) mass is 303 g/mol. The summed E-state index contributed by atoms with van der Waals surface area (Å²) >= 11 is 0. The van der Waals surface area contributed by atoms with Gasteiger partial charge in [-0.25, -0.2) is 0 Å². The first-order chi connectivity index (χ1) is 10.0. The molecular weight excluding hydrogens is 270 g/mol. The molecule has 0 saturated carbocycles. The maximum absolute atomic E-state index is 6.39. The molecule has 0 spiro atoms. The Hall–Kier alpha value is -1.31. The van der Waals surface area contributed by atoms with Crippen molar-refractivity contribution in [1.29, 1.82) is 0 Å². The van der Waals surface area contributed by atoms with Crippen molar-refractivity contribution in [3.63, 3.8) is 0 Å². The largest absolute Gasteiger partial charge is 0.489 e. The van der Waals surface area contributed by atoms with Crippen molar-refractivity contribution in [2.75, 3.05) is 0 Å². The molecule has 2 heteroatoms. The lowest BCUT2D eigenvalue weighted by molar-refractivity contribution is 0.166. The lowest BCUT2D eigenvalue weighted by Crippen LogP contribution is -2.23. The number of ether oxygens (including phenoxy) is 1. The lowest BCUT2D eigenvalue weighted by Gasteiger charge is -2.28. The highest BCUT2D eigenvalue weighted by Gasteiger charge is 2.24. The molecule has 0 radical (unpaired) electrons. The second-order valence-corrected chi connectivity index (χ2v) is 7.86. The van der Waals surface area contributed by atoms with Crippen LogP contribution in [0.2, 0.25) is 0 Å². The second kappa shape index (κ2) is 7.30. The van der Waals surface area contributed by atoms with Crippen LogP contribution in [0.4, 0.5) is 0 Å². The van der Waals surface area contributed by atoms with Crippen LogP contribution in [0.1, 0.15) is 72.1 Å². The quantitative estimate of drug-likeness (QED) is 0.654. The Kier molecular flexibility index (Phi) is 6.22. The Morgan fingerprint density at radius 2 is 1.64 bits per heavy atom. The predicted octanol–water partition coefficient (Wildman–Crippen LogP) is 5.54. The summed E-state index contributed by atoms with van der Waals surface area (Å²) in [6, 6.07) is 4.66. The number of rotatable bonds is 5. The number of hydrogen-bond donors (Lipinski definition) is 0. The Bertz CT molecular complexity index is 521. The van der Waals surface area contributed by atoms with Crippen LogP contribution in [-0.2, 0) is 5.41 Å². The van der Waals surface area contributed by atoms with Crippen molar-refractivity contribution >= 4 is 6.21 Å². The summed E-state index contributed by atoms with van der Waals surface area (Å²) in [5, 5.41) is 0. The molecule has 0 fully saturated rings. The minimum atomic E-state index is 0.0418. The Morgan fingerprint density at radius 1 is 1.05 bits per heavy atom. The van der Waals surface area contributed by atoms with Crippen molar-refractivity contribution in [1.82, 2.24) is 0 Å². The maximum atomic E-state index is 6.39. The third-order valence-electron chi connectivity index (χ3n) is 3.97. The number of hydrogen-bond acceptors (Lipinski definition) is 2. The van der Waals surface area contributed by atoms with E-state index in [1.165, 1.54) is 11.1 Å². The van der Waals surface area contributed by atoms with Gasteiger partial charge in [0.25, 0.3) is 0 Å². The zero-order valence-electron chi connectivity index (χ0n) is 15.8. The molecule has 1 atom stereocenters. The molecule has 0 aliphatic heterocycles. The molecule has 2 nitrogen and oxygen atoms in total. The topological polar surface area (TPSA) is 21.6 Å². The van der Waals surface area contributed by atoms with Crippen molar-refractivity contribution in [3.8, 4) is 5.75 Å². The number of aliphatic imine (C=N–C) groups is 1. The molecule has 0 aliphatic carbocycles. The molecule has 1 aromatic rings. The maximum Gasteiger partial charge on any atom is 0.132 e. The smallest absolute Gasteiger partial charge is 0.132 e. The predicted molar refractivity (Wildman–Crippen MR) is 97.5 cm³/mol. The Labute approximate surface area is 137 Å². The molecule has 1 aromatic carbocycles. The van der Waals surface area contributed by atoms with Crippen LogP contribution in [0, 0.1) is 12.8 Å². The molecule has 0 heterocycles. The van der Waals surface area contributed by atoms with Crippen molar-refractivity contribution in [2.45, 2.75) is 79.9 Å². The van der Waals surface area contributed by atoms with E-state index in [4.69, 9.17) is 4.74 Å². The van der Waals surface area contributed by atoms with E-state index < -0.39 is 0 Å². The number of nitrogens with zero attached hydrogens (tertiary/aromatic N) is 1. The summed E-state index contributed by atoms with van der Waals surface area (Å²) in [5.74, 6) is 1.47. The first kappa shape index (κ1) is 18.7. The van der Waals surface area contributed by atoms with Gasteiger partial charge in [-0.05, 0) is 44.6 Å².